The van der Waals surface area contributed by atoms with E-state index < -0.39 is 0 Å². The first-order valence-corrected chi connectivity index (χ1v) is 7.04. The summed E-state index contributed by atoms with van der Waals surface area (Å²) in [6, 6.07) is 8.55. The maximum absolute atomic E-state index is 9.61. The van der Waals surface area contributed by atoms with E-state index in [4.69, 9.17) is 4.74 Å². The summed E-state index contributed by atoms with van der Waals surface area (Å²) in [4.78, 5) is 0. The van der Waals surface area contributed by atoms with Crippen LogP contribution in [0.25, 0.3) is 0 Å². The Morgan fingerprint density at radius 3 is 2.42 bits per heavy atom. The van der Waals surface area contributed by atoms with Crippen molar-refractivity contribution in [2.45, 2.75) is 51.6 Å². The summed E-state index contributed by atoms with van der Waals surface area (Å²) in [6.45, 7) is 6.55. The quantitative estimate of drug-likeness (QED) is 0.759. The smallest absolute Gasteiger partial charge is 0.118 e. The number of aliphatic hydroxyl groups excluding tert-OH is 1. The Bertz CT molecular complexity index is 364. The molecule has 19 heavy (non-hydrogen) atoms. The third-order valence-electron chi connectivity index (χ3n) is 3.68. The second-order valence-electron chi connectivity index (χ2n) is 5.52. The molecule has 0 spiro atoms. The Kier molecular flexibility index (Phi) is 6.32. The van der Waals surface area contributed by atoms with Crippen LogP contribution in [-0.2, 0) is 6.42 Å². The highest BCUT2D eigenvalue weighted by atomic mass is 16.5. The van der Waals surface area contributed by atoms with E-state index in [1.807, 2.05) is 12.1 Å². The van der Waals surface area contributed by atoms with Crippen molar-refractivity contribution in [3.8, 4) is 5.75 Å². The lowest BCUT2D eigenvalue weighted by Gasteiger charge is -2.32. The second-order valence-corrected chi connectivity index (χ2v) is 5.52. The van der Waals surface area contributed by atoms with Crippen LogP contribution >= 0.6 is 0 Å². The molecule has 0 aromatic heterocycles. The number of benzene rings is 1. The Morgan fingerprint density at radius 2 is 1.95 bits per heavy atom. The van der Waals surface area contributed by atoms with Gasteiger partial charge in [0.25, 0.3) is 0 Å². The molecule has 1 aromatic carbocycles. The maximum atomic E-state index is 9.61. The van der Waals surface area contributed by atoms with Crippen LogP contribution in [0.1, 0.15) is 39.2 Å². The fourth-order valence-electron chi connectivity index (χ4n) is 2.11. The number of aliphatic hydroxyl groups is 1. The van der Waals surface area contributed by atoms with Gasteiger partial charge in [0.15, 0.2) is 0 Å². The van der Waals surface area contributed by atoms with Gasteiger partial charge in [-0.2, -0.15) is 0 Å². The number of rotatable bonds is 8. The summed E-state index contributed by atoms with van der Waals surface area (Å²) in [5, 5.41) is 13.1. The van der Waals surface area contributed by atoms with Gasteiger partial charge in [0.05, 0.1) is 13.7 Å². The monoisotopic (exact) mass is 265 g/mol. The minimum Gasteiger partial charge on any atom is -0.497 e. The molecule has 2 N–H and O–H groups in total. The first-order valence-electron chi connectivity index (χ1n) is 7.04. The fourth-order valence-corrected chi connectivity index (χ4v) is 2.11. The molecular formula is C16H27NO2. The highest BCUT2D eigenvalue weighted by Gasteiger charge is 2.24. The van der Waals surface area contributed by atoms with E-state index in [2.05, 4.69) is 38.2 Å². The second kappa shape index (κ2) is 7.51. The van der Waals surface area contributed by atoms with E-state index in [0.29, 0.717) is 6.04 Å². The number of hydrogen-bond donors (Lipinski definition) is 2. The van der Waals surface area contributed by atoms with Crippen molar-refractivity contribution < 1.29 is 9.84 Å². The van der Waals surface area contributed by atoms with E-state index in [0.717, 1.165) is 25.0 Å². The van der Waals surface area contributed by atoms with E-state index in [1.54, 1.807) is 7.11 Å². The number of methoxy groups -OCH3 is 1. The van der Waals surface area contributed by atoms with Gasteiger partial charge < -0.3 is 15.2 Å². The summed E-state index contributed by atoms with van der Waals surface area (Å²) >= 11 is 0. The summed E-state index contributed by atoms with van der Waals surface area (Å²) in [7, 11) is 1.67. The highest BCUT2D eigenvalue weighted by molar-refractivity contribution is 5.27. The van der Waals surface area contributed by atoms with Gasteiger partial charge in [-0.05, 0) is 50.8 Å². The zero-order valence-electron chi connectivity index (χ0n) is 12.6. The fraction of sp³-hybridized carbons (Fsp3) is 0.625. The lowest BCUT2D eigenvalue weighted by atomic mass is 9.93. The van der Waals surface area contributed by atoms with Gasteiger partial charge in [0.1, 0.15) is 5.75 Å². The van der Waals surface area contributed by atoms with Crippen LogP contribution in [0.15, 0.2) is 24.3 Å². The normalized spacial score (nSPS) is 15.8. The van der Waals surface area contributed by atoms with E-state index in [1.165, 1.54) is 5.56 Å². The first-order chi connectivity index (χ1) is 9.03. The molecule has 3 nitrogen and oxygen atoms in total. The van der Waals surface area contributed by atoms with Gasteiger partial charge in [-0.3, -0.25) is 0 Å². The molecule has 0 bridgehead atoms. The van der Waals surface area contributed by atoms with E-state index in [9.17, 15) is 5.11 Å². The molecular weight excluding hydrogens is 238 g/mol. The standard InChI is InChI=1S/C16H27NO2/c1-5-13(2)17-16(3,12-18)11-10-14-6-8-15(19-4)9-7-14/h6-9,13,17-18H,5,10-12H2,1-4H3. The molecule has 0 aliphatic heterocycles. The average molecular weight is 265 g/mol. The predicted octanol–water partition coefficient (Wildman–Crippen LogP) is 2.77. The van der Waals surface area contributed by atoms with Crippen LogP contribution in [0, 0.1) is 0 Å². The molecule has 1 aromatic rings. The van der Waals surface area contributed by atoms with E-state index in [-0.39, 0.29) is 12.1 Å². The molecule has 0 saturated carbocycles. The van der Waals surface area contributed by atoms with Gasteiger partial charge in [-0.25, -0.2) is 0 Å². The molecule has 3 heteroatoms. The summed E-state index contributed by atoms with van der Waals surface area (Å²) in [5.74, 6) is 0.881. The lowest BCUT2D eigenvalue weighted by Crippen LogP contribution is -2.50. The Balaban J connectivity index is 2.56. The summed E-state index contributed by atoms with van der Waals surface area (Å²) in [5.41, 5.74) is 1.06. The number of ether oxygens (including phenoxy) is 1. The Hall–Kier alpha value is -1.06. The van der Waals surface area contributed by atoms with Crippen molar-refractivity contribution in [2.24, 2.45) is 0 Å². The van der Waals surface area contributed by atoms with Crippen LogP contribution in [0.3, 0.4) is 0 Å². The molecule has 108 valence electrons. The van der Waals surface area contributed by atoms with Crippen molar-refractivity contribution in [3.63, 3.8) is 0 Å². The van der Waals surface area contributed by atoms with Crippen molar-refractivity contribution in [3.05, 3.63) is 29.8 Å². The molecule has 0 radical (unpaired) electrons. The topological polar surface area (TPSA) is 41.5 Å². The molecule has 0 aliphatic rings. The third-order valence-corrected chi connectivity index (χ3v) is 3.68. The van der Waals surface area contributed by atoms with Gasteiger partial charge >= 0.3 is 0 Å². The highest BCUT2D eigenvalue weighted by Crippen LogP contribution is 2.17. The van der Waals surface area contributed by atoms with Crippen molar-refractivity contribution in [1.82, 2.24) is 5.32 Å². The van der Waals surface area contributed by atoms with Crippen molar-refractivity contribution >= 4 is 0 Å². The molecule has 2 unspecified atom stereocenters. The average Bonchev–Trinajstić information content (AvgIpc) is 2.45. The first kappa shape index (κ1) is 16.0. The predicted molar refractivity (Wildman–Crippen MR) is 79.7 cm³/mol. The van der Waals surface area contributed by atoms with Crippen LogP contribution in [-0.4, -0.2) is 30.4 Å². The molecule has 0 aliphatic carbocycles. The maximum Gasteiger partial charge on any atom is 0.118 e. The Labute approximate surface area is 117 Å². The van der Waals surface area contributed by atoms with Crippen LogP contribution < -0.4 is 10.1 Å². The van der Waals surface area contributed by atoms with Crippen LogP contribution in [0.2, 0.25) is 0 Å². The molecule has 1 rings (SSSR count). The summed E-state index contributed by atoms with van der Waals surface area (Å²) in [6.07, 6.45) is 2.93. The zero-order valence-corrected chi connectivity index (χ0v) is 12.6. The lowest BCUT2D eigenvalue weighted by molar-refractivity contribution is 0.154. The molecule has 2 atom stereocenters. The number of hydrogen-bond acceptors (Lipinski definition) is 3. The van der Waals surface area contributed by atoms with Gasteiger partial charge in [-0.1, -0.05) is 19.1 Å². The number of aryl methyl sites for hydroxylation is 1. The van der Waals surface area contributed by atoms with Gasteiger partial charge in [-0.15, -0.1) is 0 Å². The third kappa shape index (κ3) is 5.21. The minimum atomic E-state index is -0.213. The van der Waals surface area contributed by atoms with E-state index >= 15 is 0 Å². The molecule has 0 saturated heterocycles. The van der Waals surface area contributed by atoms with Crippen molar-refractivity contribution in [1.29, 1.82) is 0 Å². The summed E-state index contributed by atoms with van der Waals surface area (Å²) < 4.78 is 5.15. The molecule has 0 heterocycles. The van der Waals surface area contributed by atoms with Crippen LogP contribution in [0.4, 0.5) is 0 Å². The van der Waals surface area contributed by atoms with Gasteiger partial charge in [0.2, 0.25) is 0 Å². The zero-order chi connectivity index (χ0) is 14.3. The molecule has 0 fully saturated rings. The number of nitrogens with one attached hydrogen (secondary N) is 1. The van der Waals surface area contributed by atoms with Crippen molar-refractivity contribution in [2.75, 3.05) is 13.7 Å². The minimum absolute atomic E-state index is 0.160. The molecule has 0 amide bonds. The largest absolute Gasteiger partial charge is 0.497 e. The SMILES string of the molecule is CCC(C)NC(C)(CO)CCc1ccc(OC)cc1. The van der Waals surface area contributed by atoms with Gasteiger partial charge in [0, 0.05) is 11.6 Å². The van der Waals surface area contributed by atoms with Crippen LogP contribution in [0.5, 0.6) is 5.75 Å². The Morgan fingerprint density at radius 1 is 1.32 bits per heavy atom.